The van der Waals surface area contributed by atoms with E-state index in [2.05, 4.69) is 19.2 Å². The van der Waals surface area contributed by atoms with Gasteiger partial charge in [0, 0.05) is 12.6 Å². The molecule has 0 amide bonds. The maximum atomic E-state index is 5.95. The second-order valence-electron chi connectivity index (χ2n) is 7.02. The van der Waals surface area contributed by atoms with Crippen LogP contribution in [0.3, 0.4) is 0 Å². The first-order valence-corrected chi connectivity index (χ1v) is 8.01. The van der Waals surface area contributed by atoms with E-state index in [4.69, 9.17) is 4.74 Å². The highest BCUT2D eigenvalue weighted by atomic mass is 16.5. The first kappa shape index (κ1) is 14.3. The van der Waals surface area contributed by atoms with E-state index in [0.717, 1.165) is 19.2 Å². The van der Waals surface area contributed by atoms with Crippen LogP contribution in [-0.2, 0) is 4.74 Å². The zero-order valence-corrected chi connectivity index (χ0v) is 12.3. The molecule has 2 heteroatoms. The van der Waals surface area contributed by atoms with Gasteiger partial charge in [0.1, 0.15) is 0 Å². The normalized spacial score (nSPS) is 26.3. The molecule has 2 aliphatic carbocycles. The highest BCUT2D eigenvalue weighted by molar-refractivity contribution is 4.82. The van der Waals surface area contributed by atoms with Gasteiger partial charge in [0.05, 0.1) is 12.7 Å². The third-order valence-corrected chi connectivity index (χ3v) is 4.78. The zero-order chi connectivity index (χ0) is 12.8. The smallest absolute Gasteiger partial charge is 0.0594 e. The molecule has 1 N–H and O–H groups in total. The average molecular weight is 253 g/mol. The lowest BCUT2D eigenvalue weighted by Crippen LogP contribution is -2.37. The fourth-order valence-electron chi connectivity index (χ4n) is 3.32. The van der Waals surface area contributed by atoms with Gasteiger partial charge in [0.15, 0.2) is 0 Å². The van der Waals surface area contributed by atoms with Crippen molar-refractivity contribution in [1.82, 2.24) is 5.32 Å². The molecule has 0 bridgehead atoms. The minimum atomic E-state index is 0.561. The Kier molecular flexibility index (Phi) is 5.50. The maximum Gasteiger partial charge on any atom is 0.0594 e. The fraction of sp³-hybridized carbons (Fsp3) is 1.00. The summed E-state index contributed by atoms with van der Waals surface area (Å²) in [6.45, 7) is 6.75. The van der Waals surface area contributed by atoms with Crippen LogP contribution in [0.4, 0.5) is 0 Å². The Bertz CT molecular complexity index is 223. The molecule has 2 nitrogen and oxygen atoms in total. The third-order valence-electron chi connectivity index (χ3n) is 4.78. The van der Waals surface area contributed by atoms with Crippen LogP contribution in [0, 0.1) is 5.41 Å². The van der Waals surface area contributed by atoms with Gasteiger partial charge in [0.2, 0.25) is 0 Å². The number of ether oxygens (including phenoxy) is 1. The quantitative estimate of drug-likeness (QED) is 0.750. The summed E-state index contributed by atoms with van der Waals surface area (Å²) >= 11 is 0. The van der Waals surface area contributed by atoms with Crippen LogP contribution in [0.2, 0.25) is 0 Å². The number of rotatable bonds is 5. The predicted molar refractivity (Wildman–Crippen MR) is 76.9 cm³/mol. The van der Waals surface area contributed by atoms with Crippen LogP contribution in [-0.4, -0.2) is 25.3 Å². The summed E-state index contributed by atoms with van der Waals surface area (Å²) in [5.41, 5.74) is 0.580. The molecule has 2 rings (SSSR count). The Morgan fingerprint density at radius 3 is 2.33 bits per heavy atom. The summed E-state index contributed by atoms with van der Waals surface area (Å²) in [6, 6.07) is 0.744. The topological polar surface area (TPSA) is 21.3 Å². The van der Waals surface area contributed by atoms with Crippen molar-refractivity contribution in [1.29, 1.82) is 0 Å². The van der Waals surface area contributed by atoms with Crippen molar-refractivity contribution in [2.75, 3.05) is 13.2 Å². The van der Waals surface area contributed by atoms with Crippen LogP contribution >= 0.6 is 0 Å². The molecule has 0 atom stereocenters. The molecule has 18 heavy (non-hydrogen) atoms. The van der Waals surface area contributed by atoms with Crippen LogP contribution in [0.5, 0.6) is 0 Å². The molecule has 0 aromatic rings. The summed E-state index contributed by atoms with van der Waals surface area (Å²) in [4.78, 5) is 0. The monoisotopic (exact) mass is 253 g/mol. The van der Waals surface area contributed by atoms with E-state index in [1.165, 1.54) is 57.8 Å². The molecule has 0 spiro atoms. The molecule has 2 saturated carbocycles. The van der Waals surface area contributed by atoms with Gasteiger partial charge in [0.25, 0.3) is 0 Å². The highest BCUT2D eigenvalue weighted by Gasteiger charge is 2.26. The number of nitrogens with one attached hydrogen (secondary N) is 1. The highest BCUT2D eigenvalue weighted by Crippen LogP contribution is 2.34. The predicted octanol–water partition coefficient (Wildman–Crippen LogP) is 3.89. The van der Waals surface area contributed by atoms with Crippen molar-refractivity contribution in [2.24, 2.45) is 5.41 Å². The van der Waals surface area contributed by atoms with Crippen molar-refractivity contribution in [3.05, 3.63) is 0 Å². The first-order valence-electron chi connectivity index (χ1n) is 8.01. The Balaban J connectivity index is 1.50. The van der Waals surface area contributed by atoms with Gasteiger partial charge in [-0.25, -0.2) is 0 Å². The Labute approximate surface area is 113 Å². The van der Waals surface area contributed by atoms with E-state index in [1.54, 1.807) is 0 Å². The van der Waals surface area contributed by atoms with Crippen molar-refractivity contribution in [2.45, 2.75) is 83.8 Å². The van der Waals surface area contributed by atoms with Gasteiger partial charge in [-0.2, -0.15) is 0 Å². The molecule has 0 aromatic carbocycles. The standard InChI is InChI=1S/C16H31NO/c1-16(2)10-8-14(9-11-16)17-12-13-18-15-6-4-3-5-7-15/h14-15,17H,3-13H2,1-2H3. The summed E-state index contributed by atoms with van der Waals surface area (Å²) in [5.74, 6) is 0. The summed E-state index contributed by atoms with van der Waals surface area (Å²) < 4.78 is 5.95. The van der Waals surface area contributed by atoms with E-state index >= 15 is 0 Å². The van der Waals surface area contributed by atoms with Crippen molar-refractivity contribution in [3.63, 3.8) is 0 Å². The molecule has 0 aromatic heterocycles. The summed E-state index contributed by atoms with van der Waals surface area (Å²) in [6.07, 6.45) is 12.7. The number of hydrogen-bond donors (Lipinski definition) is 1. The SMILES string of the molecule is CC1(C)CCC(NCCOC2CCCCC2)CC1. The van der Waals surface area contributed by atoms with E-state index in [-0.39, 0.29) is 0 Å². The molecule has 0 saturated heterocycles. The molecule has 0 unspecified atom stereocenters. The molecule has 0 aliphatic heterocycles. The van der Waals surface area contributed by atoms with Gasteiger partial charge in [-0.15, -0.1) is 0 Å². The molecule has 0 heterocycles. The second-order valence-corrected chi connectivity index (χ2v) is 7.02. The van der Waals surface area contributed by atoms with Crippen LogP contribution < -0.4 is 5.32 Å². The van der Waals surface area contributed by atoms with E-state index in [0.29, 0.717) is 11.5 Å². The fourth-order valence-corrected chi connectivity index (χ4v) is 3.32. The van der Waals surface area contributed by atoms with Crippen molar-refractivity contribution >= 4 is 0 Å². The Morgan fingerprint density at radius 2 is 1.67 bits per heavy atom. The number of hydrogen-bond acceptors (Lipinski definition) is 2. The zero-order valence-electron chi connectivity index (χ0n) is 12.3. The van der Waals surface area contributed by atoms with Crippen molar-refractivity contribution in [3.8, 4) is 0 Å². The molecule has 0 radical (unpaired) electrons. The maximum absolute atomic E-state index is 5.95. The second kappa shape index (κ2) is 6.91. The lowest BCUT2D eigenvalue weighted by atomic mass is 9.75. The minimum absolute atomic E-state index is 0.561. The molecular weight excluding hydrogens is 222 g/mol. The summed E-state index contributed by atoms with van der Waals surface area (Å²) in [5, 5.41) is 3.67. The van der Waals surface area contributed by atoms with Gasteiger partial charge >= 0.3 is 0 Å². The van der Waals surface area contributed by atoms with Gasteiger partial charge < -0.3 is 10.1 Å². The lowest BCUT2D eigenvalue weighted by Gasteiger charge is -2.34. The van der Waals surface area contributed by atoms with E-state index in [9.17, 15) is 0 Å². The lowest BCUT2D eigenvalue weighted by molar-refractivity contribution is 0.0284. The average Bonchev–Trinajstić information content (AvgIpc) is 2.37. The van der Waals surface area contributed by atoms with Gasteiger partial charge in [-0.3, -0.25) is 0 Å². The van der Waals surface area contributed by atoms with Gasteiger partial charge in [-0.05, 0) is 43.9 Å². The van der Waals surface area contributed by atoms with Crippen molar-refractivity contribution < 1.29 is 4.74 Å². The van der Waals surface area contributed by atoms with Gasteiger partial charge in [-0.1, -0.05) is 33.1 Å². The summed E-state index contributed by atoms with van der Waals surface area (Å²) in [7, 11) is 0. The Hall–Kier alpha value is -0.0800. The van der Waals surface area contributed by atoms with E-state index in [1.807, 2.05) is 0 Å². The van der Waals surface area contributed by atoms with Crippen LogP contribution in [0.25, 0.3) is 0 Å². The van der Waals surface area contributed by atoms with Crippen LogP contribution in [0.15, 0.2) is 0 Å². The molecule has 106 valence electrons. The van der Waals surface area contributed by atoms with Crippen LogP contribution in [0.1, 0.15) is 71.6 Å². The Morgan fingerprint density at radius 1 is 1.00 bits per heavy atom. The molecular formula is C16H31NO. The molecule has 2 fully saturated rings. The first-order chi connectivity index (χ1) is 8.66. The largest absolute Gasteiger partial charge is 0.377 e. The van der Waals surface area contributed by atoms with E-state index < -0.39 is 0 Å². The molecule has 2 aliphatic rings. The third kappa shape index (κ3) is 4.89. The minimum Gasteiger partial charge on any atom is -0.377 e.